The van der Waals surface area contributed by atoms with Crippen LogP contribution < -0.4 is 11.3 Å². The van der Waals surface area contributed by atoms with Crippen LogP contribution in [0, 0.1) is 0 Å². The number of halogens is 1. The minimum Gasteiger partial charge on any atom is -0.271 e. The van der Waals surface area contributed by atoms with Crippen molar-refractivity contribution in [3.63, 3.8) is 0 Å². The molecule has 3 rings (SSSR count). The van der Waals surface area contributed by atoms with E-state index in [-0.39, 0.29) is 6.04 Å². The molecule has 0 amide bonds. The van der Waals surface area contributed by atoms with Crippen LogP contribution in [0.1, 0.15) is 17.2 Å². The number of fused-ring (bicyclic) bond motifs is 1. The zero-order valence-corrected chi connectivity index (χ0v) is 12.1. The number of hydrogen-bond donors (Lipinski definition) is 2. The van der Waals surface area contributed by atoms with Gasteiger partial charge in [0.2, 0.25) is 0 Å². The molecule has 1 atom stereocenters. The van der Waals surface area contributed by atoms with E-state index in [4.69, 9.17) is 17.4 Å². The van der Waals surface area contributed by atoms with E-state index in [1.54, 1.807) is 12.4 Å². The molecule has 0 spiro atoms. The summed E-state index contributed by atoms with van der Waals surface area (Å²) in [6, 6.07) is 13.8. The third-order valence-electron chi connectivity index (χ3n) is 3.45. The second-order valence-corrected chi connectivity index (χ2v) is 5.29. The summed E-state index contributed by atoms with van der Waals surface area (Å²) < 4.78 is 0. The van der Waals surface area contributed by atoms with Crippen molar-refractivity contribution in [3.8, 4) is 0 Å². The van der Waals surface area contributed by atoms with E-state index in [2.05, 4.69) is 15.4 Å². The quantitative estimate of drug-likeness (QED) is 0.574. The van der Waals surface area contributed by atoms with Gasteiger partial charge in [-0.15, -0.1) is 0 Å². The van der Waals surface area contributed by atoms with Crippen LogP contribution in [0.2, 0.25) is 5.02 Å². The first-order valence-electron chi connectivity index (χ1n) is 6.67. The van der Waals surface area contributed by atoms with Gasteiger partial charge in [0.05, 0.1) is 17.1 Å². The third-order valence-corrected chi connectivity index (χ3v) is 3.70. The predicted molar refractivity (Wildman–Crippen MR) is 84.8 cm³/mol. The standard InChI is InChI=1S/C16H15ClN4/c17-13-4-1-11(2-5-13)9-15(21-18)12-3-6-14-16(10-12)20-8-7-19-14/h1-8,10,15,21H,9,18H2. The Labute approximate surface area is 128 Å². The molecule has 0 radical (unpaired) electrons. The van der Waals surface area contributed by atoms with E-state index in [1.165, 1.54) is 5.56 Å². The number of nitrogens with one attached hydrogen (secondary N) is 1. The SMILES string of the molecule is NNC(Cc1ccc(Cl)cc1)c1ccc2nccnc2c1. The molecule has 0 fully saturated rings. The second kappa shape index (κ2) is 6.18. The van der Waals surface area contributed by atoms with Crippen molar-refractivity contribution in [2.45, 2.75) is 12.5 Å². The zero-order chi connectivity index (χ0) is 14.7. The van der Waals surface area contributed by atoms with Crippen molar-refractivity contribution in [3.05, 3.63) is 71.0 Å². The molecule has 1 unspecified atom stereocenters. The molecule has 1 aromatic heterocycles. The van der Waals surface area contributed by atoms with Crippen LogP contribution in [0.15, 0.2) is 54.9 Å². The fourth-order valence-corrected chi connectivity index (χ4v) is 2.45. The van der Waals surface area contributed by atoms with Gasteiger partial charge in [0.15, 0.2) is 0 Å². The summed E-state index contributed by atoms with van der Waals surface area (Å²) in [7, 11) is 0. The number of aromatic nitrogens is 2. The van der Waals surface area contributed by atoms with E-state index in [1.807, 2.05) is 42.5 Å². The topological polar surface area (TPSA) is 63.8 Å². The molecule has 2 aromatic carbocycles. The van der Waals surface area contributed by atoms with E-state index in [0.717, 1.165) is 28.0 Å². The van der Waals surface area contributed by atoms with Gasteiger partial charge in [-0.3, -0.25) is 21.2 Å². The smallest absolute Gasteiger partial charge is 0.0890 e. The van der Waals surface area contributed by atoms with Crippen LogP contribution in [0.4, 0.5) is 0 Å². The minimum absolute atomic E-state index is 0.0116. The molecular weight excluding hydrogens is 284 g/mol. The highest BCUT2D eigenvalue weighted by atomic mass is 35.5. The number of hydrazine groups is 1. The lowest BCUT2D eigenvalue weighted by atomic mass is 9.99. The first-order valence-corrected chi connectivity index (χ1v) is 7.05. The van der Waals surface area contributed by atoms with Gasteiger partial charge in [0.1, 0.15) is 0 Å². The van der Waals surface area contributed by atoms with E-state index >= 15 is 0 Å². The van der Waals surface area contributed by atoms with Gasteiger partial charge in [-0.2, -0.15) is 0 Å². The van der Waals surface area contributed by atoms with Crippen LogP contribution in [-0.2, 0) is 6.42 Å². The molecule has 1 heterocycles. The van der Waals surface area contributed by atoms with Crippen molar-refractivity contribution in [1.82, 2.24) is 15.4 Å². The van der Waals surface area contributed by atoms with E-state index in [9.17, 15) is 0 Å². The Morgan fingerprint density at radius 1 is 1.00 bits per heavy atom. The minimum atomic E-state index is 0.0116. The first-order chi connectivity index (χ1) is 10.3. The van der Waals surface area contributed by atoms with E-state index < -0.39 is 0 Å². The van der Waals surface area contributed by atoms with Gasteiger partial charge in [0, 0.05) is 17.4 Å². The fourth-order valence-electron chi connectivity index (χ4n) is 2.33. The summed E-state index contributed by atoms with van der Waals surface area (Å²) in [5, 5.41) is 0.733. The number of hydrogen-bond acceptors (Lipinski definition) is 4. The lowest BCUT2D eigenvalue weighted by Gasteiger charge is -2.17. The maximum atomic E-state index is 5.91. The normalized spacial score (nSPS) is 12.5. The number of rotatable bonds is 4. The molecule has 21 heavy (non-hydrogen) atoms. The Bertz CT molecular complexity index is 743. The van der Waals surface area contributed by atoms with Gasteiger partial charge < -0.3 is 0 Å². The lowest BCUT2D eigenvalue weighted by molar-refractivity contribution is 0.552. The summed E-state index contributed by atoms with van der Waals surface area (Å²) >= 11 is 5.91. The van der Waals surface area contributed by atoms with Crippen molar-refractivity contribution in [1.29, 1.82) is 0 Å². The first kappa shape index (κ1) is 13.9. The highest BCUT2D eigenvalue weighted by Crippen LogP contribution is 2.21. The van der Waals surface area contributed by atoms with Crippen LogP contribution in [0.3, 0.4) is 0 Å². The number of nitrogens with two attached hydrogens (primary N) is 1. The number of nitrogens with zero attached hydrogens (tertiary/aromatic N) is 2. The molecule has 0 aliphatic heterocycles. The summed E-state index contributed by atoms with van der Waals surface area (Å²) in [5.41, 5.74) is 6.86. The van der Waals surface area contributed by atoms with Crippen LogP contribution >= 0.6 is 11.6 Å². The highest BCUT2D eigenvalue weighted by molar-refractivity contribution is 6.30. The number of benzene rings is 2. The fraction of sp³-hybridized carbons (Fsp3) is 0.125. The zero-order valence-electron chi connectivity index (χ0n) is 11.3. The van der Waals surface area contributed by atoms with Gasteiger partial charge in [-0.05, 0) is 41.8 Å². The Hall–Kier alpha value is -2.01. The largest absolute Gasteiger partial charge is 0.271 e. The molecule has 106 valence electrons. The van der Waals surface area contributed by atoms with Crippen LogP contribution in [-0.4, -0.2) is 9.97 Å². The molecule has 0 bridgehead atoms. The monoisotopic (exact) mass is 298 g/mol. The highest BCUT2D eigenvalue weighted by Gasteiger charge is 2.11. The molecule has 0 saturated heterocycles. The molecule has 4 nitrogen and oxygen atoms in total. The molecule has 5 heteroatoms. The molecule has 0 aliphatic carbocycles. The predicted octanol–water partition coefficient (Wildman–Crippen LogP) is 3.03. The third kappa shape index (κ3) is 3.19. The van der Waals surface area contributed by atoms with Gasteiger partial charge in [-0.1, -0.05) is 29.8 Å². The Balaban J connectivity index is 1.88. The summed E-state index contributed by atoms with van der Waals surface area (Å²) in [6.07, 6.45) is 4.16. The van der Waals surface area contributed by atoms with Crippen molar-refractivity contribution in [2.24, 2.45) is 5.84 Å². The average Bonchev–Trinajstić information content (AvgIpc) is 2.54. The van der Waals surface area contributed by atoms with Crippen molar-refractivity contribution in [2.75, 3.05) is 0 Å². The molecule has 3 N–H and O–H groups in total. The maximum Gasteiger partial charge on any atom is 0.0890 e. The Kier molecular flexibility index (Phi) is 4.10. The molecular formula is C16H15ClN4. The summed E-state index contributed by atoms with van der Waals surface area (Å²) in [6.45, 7) is 0. The van der Waals surface area contributed by atoms with Gasteiger partial charge >= 0.3 is 0 Å². The average molecular weight is 299 g/mol. The second-order valence-electron chi connectivity index (χ2n) is 4.85. The van der Waals surface area contributed by atoms with Crippen molar-refractivity contribution < 1.29 is 0 Å². The van der Waals surface area contributed by atoms with Crippen molar-refractivity contribution >= 4 is 22.6 Å². The molecule has 3 aromatic rings. The lowest BCUT2D eigenvalue weighted by Crippen LogP contribution is -2.29. The summed E-state index contributed by atoms with van der Waals surface area (Å²) in [5.74, 6) is 5.71. The van der Waals surface area contributed by atoms with Gasteiger partial charge in [-0.25, -0.2) is 0 Å². The molecule has 0 aliphatic rings. The summed E-state index contributed by atoms with van der Waals surface area (Å²) in [4.78, 5) is 8.60. The van der Waals surface area contributed by atoms with Crippen LogP contribution in [0.25, 0.3) is 11.0 Å². The Morgan fingerprint density at radius 3 is 2.43 bits per heavy atom. The maximum absolute atomic E-state index is 5.91. The Morgan fingerprint density at radius 2 is 1.71 bits per heavy atom. The van der Waals surface area contributed by atoms with Crippen LogP contribution in [0.5, 0.6) is 0 Å². The van der Waals surface area contributed by atoms with E-state index in [0.29, 0.717) is 0 Å². The van der Waals surface area contributed by atoms with Gasteiger partial charge in [0.25, 0.3) is 0 Å². The molecule has 0 saturated carbocycles.